The molecular formula is C20H17ClN2O6. The molecule has 0 saturated heterocycles. The van der Waals surface area contributed by atoms with Crippen molar-refractivity contribution in [3.63, 3.8) is 0 Å². The lowest BCUT2D eigenvalue weighted by molar-refractivity contribution is -0.144. The Morgan fingerprint density at radius 1 is 1.28 bits per heavy atom. The zero-order valence-electron chi connectivity index (χ0n) is 15.5. The highest BCUT2D eigenvalue weighted by Crippen LogP contribution is 2.31. The van der Waals surface area contributed by atoms with Gasteiger partial charge >= 0.3 is 11.9 Å². The third-order valence-electron chi connectivity index (χ3n) is 3.94. The Labute approximate surface area is 170 Å². The van der Waals surface area contributed by atoms with Crippen molar-refractivity contribution in [3.8, 4) is 11.5 Å². The molecule has 0 fully saturated rings. The van der Waals surface area contributed by atoms with Crippen molar-refractivity contribution in [2.24, 2.45) is 5.10 Å². The van der Waals surface area contributed by atoms with Crippen molar-refractivity contribution in [2.45, 2.75) is 13.0 Å². The van der Waals surface area contributed by atoms with Crippen LogP contribution in [0.3, 0.4) is 0 Å². The fraction of sp³-hybridized carbons (Fsp3) is 0.150. The van der Waals surface area contributed by atoms with Crippen LogP contribution < -0.4 is 14.9 Å². The van der Waals surface area contributed by atoms with Gasteiger partial charge in [-0.25, -0.2) is 10.2 Å². The Kier molecular flexibility index (Phi) is 6.04. The summed E-state index contributed by atoms with van der Waals surface area (Å²) in [5.41, 5.74) is 3.30. The van der Waals surface area contributed by atoms with Gasteiger partial charge in [0.1, 0.15) is 5.58 Å². The number of benzene rings is 2. The number of para-hydroxylation sites is 1. The van der Waals surface area contributed by atoms with Gasteiger partial charge in [-0.1, -0.05) is 17.7 Å². The maximum Gasteiger partial charge on any atom is 0.344 e. The summed E-state index contributed by atoms with van der Waals surface area (Å²) >= 11 is 5.93. The van der Waals surface area contributed by atoms with E-state index in [0.717, 1.165) is 0 Å². The van der Waals surface area contributed by atoms with E-state index < -0.39 is 18.0 Å². The number of methoxy groups -OCH3 is 1. The molecule has 0 spiro atoms. The van der Waals surface area contributed by atoms with Gasteiger partial charge in [0, 0.05) is 16.0 Å². The van der Waals surface area contributed by atoms with E-state index in [1.165, 1.54) is 20.2 Å². The maximum absolute atomic E-state index is 12.3. The number of furan rings is 1. The molecule has 0 unspecified atom stereocenters. The van der Waals surface area contributed by atoms with Crippen LogP contribution in [0.1, 0.15) is 23.0 Å². The van der Waals surface area contributed by atoms with Gasteiger partial charge in [-0.2, -0.15) is 5.10 Å². The number of carboxylic acids is 1. The number of hydrazone groups is 1. The average Bonchev–Trinajstić information content (AvgIpc) is 3.12. The molecule has 0 bridgehead atoms. The lowest BCUT2D eigenvalue weighted by Crippen LogP contribution is -2.23. The summed E-state index contributed by atoms with van der Waals surface area (Å²) in [6.07, 6.45) is 0.222. The lowest BCUT2D eigenvalue weighted by atomic mass is 10.2. The van der Waals surface area contributed by atoms with Crippen molar-refractivity contribution in [2.75, 3.05) is 7.11 Å². The second kappa shape index (κ2) is 8.66. The molecule has 0 saturated carbocycles. The highest BCUT2D eigenvalue weighted by Gasteiger charge is 2.18. The van der Waals surface area contributed by atoms with Crippen molar-refractivity contribution in [1.82, 2.24) is 5.43 Å². The molecular weight excluding hydrogens is 400 g/mol. The Morgan fingerprint density at radius 3 is 2.79 bits per heavy atom. The molecule has 8 nitrogen and oxygen atoms in total. The number of carbonyl (C=O) groups excluding carboxylic acids is 1. The van der Waals surface area contributed by atoms with Crippen LogP contribution in [0, 0.1) is 0 Å². The van der Waals surface area contributed by atoms with E-state index in [1.54, 1.807) is 42.5 Å². The van der Waals surface area contributed by atoms with Gasteiger partial charge in [-0.05, 0) is 43.3 Å². The van der Waals surface area contributed by atoms with Gasteiger partial charge in [0.25, 0.3) is 0 Å². The van der Waals surface area contributed by atoms with E-state index >= 15 is 0 Å². The topological polar surface area (TPSA) is 110 Å². The van der Waals surface area contributed by atoms with Crippen LogP contribution in [0.2, 0.25) is 5.02 Å². The van der Waals surface area contributed by atoms with Gasteiger partial charge in [-0.15, -0.1) is 0 Å². The number of carboxylic acid groups (broad SMARTS) is 1. The number of rotatable bonds is 7. The van der Waals surface area contributed by atoms with Gasteiger partial charge < -0.3 is 19.0 Å². The smallest absolute Gasteiger partial charge is 0.344 e. The Morgan fingerprint density at radius 2 is 2.07 bits per heavy atom. The standard InChI is InChI=1S/C20H17ClN2O6/c1-11(20(25)26)28-18-12(4-3-5-16(18)27-2)10-22-23-19(24)17-9-13-8-14(21)6-7-15(13)29-17/h3-11H,1-2H3,(H,23,24)(H,25,26)/b22-10-/t11-/m0/s1. The molecule has 29 heavy (non-hydrogen) atoms. The van der Waals surface area contributed by atoms with E-state index in [0.29, 0.717) is 27.3 Å². The van der Waals surface area contributed by atoms with E-state index in [4.69, 9.17) is 30.6 Å². The normalized spacial score (nSPS) is 12.1. The first kappa shape index (κ1) is 20.2. The second-order valence-electron chi connectivity index (χ2n) is 5.97. The van der Waals surface area contributed by atoms with Crippen LogP contribution in [-0.2, 0) is 4.79 Å². The van der Waals surface area contributed by atoms with Crippen LogP contribution in [0.15, 0.2) is 52.0 Å². The molecule has 1 amide bonds. The largest absolute Gasteiger partial charge is 0.493 e. The number of aliphatic carboxylic acids is 1. The van der Waals surface area contributed by atoms with Gasteiger partial charge in [0.15, 0.2) is 23.4 Å². The first-order chi connectivity index (χ1) is 13.9. The fourth-order valence-electron chi connectivity index (χ4n) is 2.49. The molecule has 0 radical (unpaired) electrons. The summed E-state index contributed by atoms with van der Waals surface area (Å²) in [7, 11) is 1.43. The third kappa shape index (κ3) is 4.67. The molecule has 9 heteroatoms. The number of hydrogen-bond acceptors (Lipinski definition) is 6. The molecule has 2 N–H and O–H groups in total. The number of halogens is 1. The predicted octanol–water partition coefficient (Wildman–Crippen LogP) is 3.71. The first-order valence-corrected chi connectivity index (χ1v) is 8.86. The minimum absolute atomic E-state index is 0.0704. The molecule has 150 valence electrons. The molecule has 3 aromatic rings. The number of nitrogens with zero attached hydrogens (tertiary/aromatic N) is 1. The minimum atomic E-state index is -1.13. The summed E-state index contributed by atoms with van der Waals surface area (Å²) in [6, 6.07) is 11.5. The van der Waals surface area contributed by atoms with Crippen LogP contribution >= 0.6 is 11.6 Å². The fourth-order valence-corrected chi connectivity index (χ4v) is 2.67. The van der Waals surface area contributed by atoms with Gasteiger partial charge in [0.2, 0.25) is 0 Å². The van der Waals surface area contributed by atoms with Gasteiger partial charge in [-0.3, -0.25) is 4.79 Å². The Bertz CT molecular complexity index is 1090. The van der Waals surface area contributed by atoms with E-state index in [1.807, 2.05) is 0 Å². The summed E-state index contributed by atoms with van der Waals surface area (Å²) in [5.74, 6) is -1.08. The first-order valence-electron chi connectivity index (χ1n) is 8.48. The molecule has 0 aliphatic rings. The van der Waals surface area contributed by atoms with Crippen LogP contribution in [0.25, 0.3) is 11.0 Å². The minimum Gasteiger partial charge on any atom is -0.493 e. The van der Waals surface area contributed by atoms with Gasteiger partial charge in [0.05, 0.1) is 13.3 Å². The van der Waals surface area contributed by atoms with E-state index in [2.05, 4.69) is 10.5 Å². The van der Waals surface area contributed by atoms with E-state index in [9.17, 15) is 9.59 Å². The molecule has 0 aliphatic carbocycles. The summed E-state index contributed by atoms with van der Waals surface area (Å²) in [4.78, 5) is 23.4. The molecule has 0 aliphatic heterocycles. The van der Waals surface area contributed by atoms with Crippen LogP contribution in [0.5, 0.6) is 11.5 Å². The quantitative estimate of drug-likeness (QED) is 0.448. The SMILES string of the molecule is COc1cccc(/C=N\NC(=O)c2cc3cc(Cl)ccc3o2)c1O[C@@H](C)C(=O)O. The zero-order chi connectivity index (χ0) is 21.0. The third-order valence-corrected chi connectivity index (χ3v) is 4.18. The number of hydrogen-bond donors (Lipinski definition) is 2. The summed E-state index contributed by atoms with van der Waals surface area (Å²) < 4.78 is 16.1. The summed E-state index contributed by atoms with van der Waals surface area (Å²) in [5, 5.41) is 14.2. The molecule has 1 heterocycles. The maximum atomic E-state index is 12.3. The Hall–Kier alpha value is -3.52. The monoisotopic (exact) mass is 416 g/mol. The van der Waals surface area contributed by atoms with Crippen molar-refractivity contribution < 1.29 is 28.6 Å². The molecule has 1 atom stereocenters. The average molecular weight is 417 g/mol. The van der Waals surface area contributed by atoms with E-state index in [-0.39, 0.29) is 11.5 Å². The number of amides is 1. The number of ether oxygens (including phenoxy) is 2. The van der Waals surface area contributed by atoms with Crippen molar-refractivity contribution in [3.05, 3.63) is 58.8 Å². The predicted molar refractivity (Wildman–Crippen MR) is 107 cm³/mol. The zero-order valence-corrected chi connectivity index (χ0v) is 16.3. The number of fused-ring (bicyclic) bond motifs is 1. The number of nitrogens with one attached hydrogen (secondary N) is 1. The highest BCUT2D eigenvalue weighted by atomic mass is 35.5. The van der Waals surface area contributed by atoms with Crippen LogP contribution in [0.4, 0.5) is 0 Å². The second-order valence-corrected chi connectivity index (χ2v) is 6.41. The Balaban J connectivity index is 1.78. The number of carbonyl (C=O) groups is 2. The summed E-state index contributed by atoms with van der Waals surface area (Å²) in [6.45, 7) is 1.39. The van der Waals surface area contributed by atoms with Crippen molar-refractivity contribution >= 4 is 40.7 Å². The molecule has 3 rings (SSSR count). The molecule has 2 aromatic carbocycles. The van der Waals surface area contributed by atoms with Crippen molar-refractivity contribution in [1.29, 1.82) is 0 Å². The molecule has 1 aromatic heterocycles. The highest BCUT2D eigenvalue weighted by molar-refractivity contribution is 6.31. The van der Waals surface area contributed by atoms with Crippen LogP contribution in [-0.4, -0.2) is 36.4 Å². The lowest BCUT2D eigenvalue weighted by Gasteiger charge is -2.15.